The van der Waals surface area contributed by atoms with Crippen LogP contribution in [0.3, 0.4) is 0 Å². The first-order valence-electron chi connectivity index (χ1n) is 14.4. The molecule has 0 aliphatic heterocycles. The first kappa shape index (κ1) is 29.5. The predicted molar refractivity (Wildman–Crippen MR) is 169 cm³/mol. The molecular formula is C34H38N4O3S. The van der Waals surface area contributed by atoms with Crippen molar-refractivity contribution in [3.8, 4) is 11.1 Å². The molecule has 0 amide bonds. The molecule has 0 aliphatic rings. The number of nitrogens with one attached hydrogen (secondary N) is 1. The molecule has 3 aromatic carbocycles. The van der Waals surface area contributed by atoms with Gasteiger partial charge in [0.05, 0.1) is 17.0 Å². The van der Waals surface area contributed by atoms with Crippen molar-refractivity contribution in [1.29, 1.82) is 0 Å². The molecule has 42 heavy (non-hydrogen) atoms. The maximum absolute atomic E-state index is 13.7. The zero-order valence-electron chi connectivity index (χ0n) is 24.7. The number of aromatic nitrogens is 3. The van der Waals surface area contributed by atoms with Crippen LogP contribution in [0.2, 0.25) is 0 Å². The molecule has 218 valence electrons. The predicted octanol–water partition coefficient (Wildman–Crippen LogP) is 6.38. The Kier molecular flexibility index (Phi) is 8.48. The lowest BCUT2D eigenvalue weighted by molar-refractivity contribution is 0.491. The van der Waals surface area contributed by atoms with E-state index in [2.05, 4.69) is 16.2 Å². The number of nitrogens with zero attached hydrogens (tertiary/aromatic N) is 3. The lowest BCUT2D eigenvalue weighted by Crippen LogP contribution is -2.40. The van der Waals surface area contributed by atoms with Crippen molar-refractivity contribution in [3.63, 3.8) is 0 Å². The van der Waals surface area contributed by atoms with Crippen LogP contribution in [-0.2, 0) is 29.5 Å². The van der Waals surface area contributed by atoms with Gasteiger partial charge in [-0.1, -0.05) is 86.1 Å². The summed E-state index contributed by atoms with van der Waals surface area (Å²) in [5.41, 5.74) is 4.16. The van der Waals surface area contributed by atoms with Crippen molar-refractivity contribution in [3.05, 3.63) is 118 Å². The second-order valence-corrected chi connectivity index (χ2v) is 13.4. The normalized spacial score (nSPS) is 12.2. The van der Waals surface area contributed by atoms with E-state index in [-0.39, 0.29) is 10.5 Å². The van der Waals surface area contributed by atoms with E-state index in [1.807, 2.05) is 99.8 Å². The highest BCUT2D eigenvalue weighted by Gasteiger charge is 2.25. The van der Waals surface area contributed by atoms with Gasteiger partial charge in [0.15, 0.2) is 0 Å². The number of imidazole rings is 1. The summed E-state index contributed by atoms with van der Waals surface area (Å²) in [5, 5.41) is 0. The number of rotatable bonds is 10. The second kappa shape index (κ2) is 12.1. The summed E-state index contributed by atoms with van der Waals surface area (Å²) in [6, 6.07) is 26.8. The zero-order valence-corrected chi connectivity index (χ0v) is 25.5. The lowest BCUT2D eigenvalue weighted by Gasteiger charge is -2.21. The van der Waals surface area contributed by atoms with Crippen LogP contribution in [0.15, 0.2) is 101 Å². The van der Waals surface area contributed by atoms with Crippen LogP contribution in [0.5, 0.6) is 0 Å². The molecule has 0 radical (unpaired) electrons. The van der Waals surface area contributed by atoms with E-state index in [1.54, 1.807) is 16.7 Å². The van der Waals surface area contributed by atoms with Crippen molar-refractivity contribution in [2.24, 2.45) is 0 Å². The Morgan fingerprint density at radius 1 is 0.833 bits per heavy atom. The number of aryl methyl sites for hydroxylation is 1. The van der Waals surface area contributed by atoms with Crippen molar-refractivity contribution in [2.45, 2.75) is 70.5 Å². The first-order valence-corrected chi connectivity index (χ1v) is 15.9. The summed E-state index contributed by atoms with van der Waals surface area (Å²) in [5.74, 6) is 0.898. The van der Waals surface area contributed by atoms with Crippen LogP contribution in [0, 0.1) is 0 Å². The van der Waals surface area contributed by atoms with Crippen LogP contribution in [-0.4, -0.2) is 28.1 Å². The number of pyridine rings is 1. The van der Waals surface area contributed by atoms with Crippen LogP contribution >= 0.6 is 0 Å². The lowest BCUT2D eigenvalue weighted by atomic mass is 10.0. The third-order valence-corrected chi connectivity index (χ3v) is 8.94. The van der Waals surface area contributed by atoms with Gasteiger partial charge in [-0.2, -0.15) is 0 Å². The molecule has 8 heteroatoms. The molecule has 2 heterocycles. The largest absolute Gasteiger partial charge is 0.319 e. The Balaban J connectivity index is 1.50. The minimum atomic E-state index is -3.72. The average molecular weight is 583 g/mol. The fraction of sp³-hybridized carbons (Fsp3) is 0.294. The van der Waals surface area contributed by atoms with Crippen molar-refractivity contribution < 1.29 is 8.42 Å². The topological polar surface area (TPSA) is 86.0 Å². The van der Waals surface area contributed by atoms with E-state index in [9.17, 15) is 13.2 Å². The van der Waals surface area contributed by atoms with Gasteiger partial charge in [0.1, 0.15) is 11.3 Å². The van der Waals surface area contributed by atoms with Gasteiger partial charge in [0.25, 0.3) is 5.56 Å². The van der Waals surface area contributed by atoms with E-state index in [1.165, 1.54) is 0 Å². The molecule has 2 aromatic heterocycles. The molecule has 0 aliphatic carbocycles. The molecule has 0 atom stereocenters. The first-order chi connectivity index (χ1) is 20.1. The van der Waals surface area contributed by atoms with E-state index >= 15 is 0 Å². The highest BCUT2D eigenvalue weighted by atomic mass is 32.2. The molecule has 5 aromatic rings. The Bertz CT molecular complexity index is 1850. The fourth-order valence-electron chi connectivity index (χ4n) is 5.20. The van der Waals surface area contributed by atoms with Gasteiger partial charge >= 0.3 is 0 Å². The highest BCUT2D eigenvalue weighted by molar-refractivity contribution is 7.89. The summed E-state index contributed by atoms with van der Waals surface area (Å²) in [4.78, 5) is 18.8. The Labute approximate surface area is 247 Å². The van der Waals surface area contributed by atoms with Gasteiger partial charge in [-0.15, -0.1) is 0 Å². The number of hydrogen-bond donors (Lipinski definition) is 1. The number of unbranched alkanes of at least 4 members (excludes halogenated alkanes) is 1. The molecule has 0 saturated carbocycles. The van der Waals surface area contributed by atoms with Gasteiger partial charge in [0, 0.05) is 30.3 Å². The Morgan fingerprint density at radius 3 is 2.19 bits per heavy atom. The molecule has 0 unspecified atom stereocenters. The van der Waals surface area contributed by atoms with Gasteiger partial charge < -0.3 is 9.13 Å². The smallest absolute Gasteiger partial charge is 0.277 e. The fourth-order valence-corrected chi connectivity index (χ4v) is 6.84. The molecule has 0 fully saturated rings. The molecule has 1 N–H and O–H groups in total. The third kappa shape index (κ3) is 6.55. The Morgan fingerprint density at radius 2 is 1.50 bits per heavy atom. The minimum Gasteiger partial charge on any atom is -0.319 e. The minimum absolute atomic E-state index is 0.0614. The third-order valence-electron chi connectivity index (χ3n) is 7.12. The van der Waals surface area contributed by atoms with Crippen molar-refractivity contribution in [1.82, 2.24) is 18.8 Å². The summed E-state index contributed by atoms with van der Waals surface area (Å²) < 4.78 is 32.9. The van der Waals surface area contributed by atoms with Gasteiger partial charge in [-0.3, -0.25) is 4.79 Å². The van der Waals surface area contributed by atoms with Crippen LogP contribution in [0.4, 0.5) is 0 Å². The maximum atomic E-state index is 13.7. The molecule has 0 spiro atoms. The van der Waals surface area contributed by atoms with E-state index in [4.69, 9.17) is 4.98 Å². The monoisotopic (exact) mass is 582 g/mol. The number of hydrogen-bond acceptors (Lipinski definition) is 4. The summed E-state index contributed by atoms with van der Waals surface area (Å²) in [6.45, 7) is 8.61. The molecule has 5 rings (SSSR count). The van der Waals surface area contributed by atoms with Crippen LogP contribution in [0.25, 0.3) is 22.2 Å². The van der Waals surface area contributed by atoms with Crippen molar-refractivity contribution >= 4 is 21.1 Å². The summed E-state index contributed by atoms with van der Waals surface area (Å²) in [7, 11) is -3.72. The standard InChI is InChI=1S/C34H38N4O3S/c1-5-6-16-31-35-29-21-22-37(23-25-12-8-7-9-13-25)33(39)32(29)38(31)24-26-17-19-27(20-18-26)28-14-10-11-15-30(28)42(40,41)36-34(2,3)4/h7-15,17-22,36H,5-6,16,23-24H2,1-4H3. The summed E-state index contributed by atoms with van der Waals surface area (Å²) in [6.07, 6.45) is 4.62. The zero-order chi connectivity index (χ0) is 29.9. The average Bonchev–Trinajstić information content (AvgIpc) is 3.30. The van der Waals surface area contributed by atoms with Crippen molar-refractivity contribution in [2.75, 3.05) is 0 Å². The van der Waals surface area contributed by atoms with E-state index in [0.29, 0.717) is 29.7 Å². The van der Waals surface area contributed by atoms with Gasteiger partial charge in [0.2, 0.25) is 10.0 Å². The summed E-state index contributed by atoms with van der Waals surface area (Å²) >= 11 is 0. The Hall–Kier alpha value is -4.01. The highest BCUT2D eigenvalue weighted by Crippen LogP contribution is 2.29. The molecular weight excluding hydrogens is 544 g/mol. The molecule has 0 saturated heterocycles. The van der Waals surface area contributed by atoms with Crippen LogP contribution in [0.1, 0.15) is 57.5 Å². The molecule has 7 nitrogen and oxygen atoms in total. The van der Waals surface area contributed by atoms with Gasteiger partial charge in [-0.25, -0.2) is 18.1 Å². The quantitative estimate of drug-likeness (QED) is 0.207. The van der Waals surface area contributed by atoms with Gasteiger partial charge in [-0.05, 0) is 56.0 Å². The van der Waals surface area contributed by atoms with Crippen LogP contribution < -0.4 is 10.3 Å². The van der Waals surface area contributed by atoms with E-state index < -0.39 is 15.6 Å². The number of sulfonamides is 1. The molecule has 0 bridgehead atoms. The SMILES string of the molecule is CCCCc1nc2ccn(Cc3ccccc3)c(=O)c2n1Cc1ccc(-c2ccccc2S(=O)(=O)NC(C)(C)C)cc1. The second-order valence-electron chi connectivity index (χ2n) is 11.7. The van der Waals surface area contributed by atoms with E-state index in [0.717, 1.165) is 41.8 Å². The number of fused-ring (bicyclic) bond motifs is 1. The maximum Gasteiger partial charge on any atom is 0.277 e. The number of benzene rings is 3.